The molecule has 6 heteroatoms. The largest absolute Gasteiger partial charge is 0.372 e. The molecular formula is C15H23IN4O. The first-order valence-electron chi connectivity index (χ1n) is 7.82. The molecule has 0 radical (unpaired) electrons. The summed E-state index contributed by atoms with van der Waals surface area (Å²) in [5.74, 6) is 1.77. The minimum Gasteiger partial charge on any atom is -0.372 e. The lowest BCUT2D eigenvalue weighted by Gasteiger charge is -2.34. The van der Waals surface area contributed by atoms with Gasteiger partial charge >= 0.3 is 0 Å². The summed E-state index contributed by atoms with van der Waals surface area (Å²) in [6.07, 6.45) is 4.65. The summed E-state index contributed by atoms with van der Waals surface area (Å²) in [5.41, 5.74) is 1.14. The number of fused-ring (bicyclic) bond motifs is 1. The van der Waals surface area contributed by atoms with Gasteiger partial charge in [-0.15, -0.1) is 0 Å². The maximum atomic E-state index is 6.05. The van der Waals surface area contributed by atoms with Crippen LogP contribution in [0.4, 0.5) is 5.82 Å². The maximum Gasteiger partial charge on any atom is 0.161 e. The lowest BCUT2D eigenvalue weighted by Crippen LogP contribution is -2.43. The first-order chi connectivity index (χ1) is 10.2. The molecule has 2 aliphatic heterocycles. The van der Waals surface area contributed by atoms with Crippen LogP contribution in [0.25, 0.3) is 0 Å². The Morgan fingerprint density at radius 3 is 3.05 bits per heavy atom. The van der Waals surface area contributed by atoms with Gasteiger partial charge in [-0.3, -0.25) is 4.90 Å². The molecule has 1 aromatic rings. The summed E-state index contributed by atoms with van der Waals surface area (Å²) in [4.78, 5) is 12.0. The van der Waals surface area contributed by atoms with E-state index in [0.29, 0.717) is 6.04 Å². The van der Waals surface area contributed by atoms with Gasteiger partial charge in [0.1, 0.15) is 11.9 Å². The topological polar surface area (TPSA) is 50.3 Å². The summed E-state index contributed by atoms with van der Waals surface area (Å²) < 4.78 is 7.19. The smallest absolute Gasteiger partial charge is 0.161 e. The average molecular weight is 402 g/mol. The molecule has 116 valence electrons. The third-order valence-corrected chi connectivity index (χ3v) is 5.47. The van der Waals surface area contributed by atoms with Crippen molar-refractivity contribution in [2.24, 2.45) is 0 Å². The molecule has 0 bridgehead atoms. The highest BCUT2D eigenvalue weighted by Crippen LogP contribution is 2.30. The number of aromatic nitrogens is 2. The van der Waals surface area contributed by atoms with Crippen LogP contribution in [0.1, 0.15) is 43.8 Å². The van der Waals surface area contributed by atoms with Gasteiger partial charge in [0, 0.05) is 19.6 Å². The van der Waals surface area contributed by atoms with E-state index < -0.39 is 0 Å². The molecule has 0 amide bonds. The molecule has 2 aliphatic rings. The van der Waals surface area contributed by atoms with Crippen molar-refractivity contribution in [2.75, 3.05) is 32.1 Å². The summed E-state index contributed by atoms with van der Waals surface area (Å²) in [7, 11) is 1.92. The van der Waals surface area contributed by atoms with Crippen LogP contribution in [0.2, 0.25) is 0 Å². The summed E-state index contributed by atoms with van der Waals surface area (Å²) in [6, 6.07) is 0.615. The number of nitrogens with zero attached hydrogens (tertiary/aromatic N) is 3. The highest BCUT2D eigenvalue weighted by atomic mass is 127. The lowest BCUT2D eigenvalue weighted by molar-refractivity contribution is -0.0541. The predicted octanol–water partition coefficient (Wildman–Crippen LogP) is 2.61. The highest BCUT2D eigenvalue weighted by molar-refractivity contribution is 14.1. The molecule has 2 atom stereocenters. The number of anilines is 1. The summed E-state index contributed by atoms with van der Waals surface area (Å²) >= 11 is 2.34. The van der Waals surface area contributed by atoms with E-state index in [1.54, 1.807) is 0 Å². The van der Waals surface area contributed by atoms with E-state index in [-0.39, 0.29) is 6.10 Å². The van der Waals surface area contributed by atoms with Gasteiger partial charge in [-0.25, -0.2) is 9.97 Å². The van der Waals surface area contributed by atoms with E-state index in [1.807, 2.05) is 7.05 Å². The fourth-order valence-corrected chi connectivity index (χ4v) is 3.98. The first kappa shape index (κ1) is 15.4. The minimum absolute atomic E-state index is 0.0130. The first-order valence-corrected chi connectivity index (χ1v) is 8.90. The number of morpholine rings is 1. The fourth-order valence-electron chi connectivity index (χ4n) is 3.20. The second kappa shape index (κ2) is 6.75. The highest BCUT2D eigenvalue weighted by Gasteiger charge is 2.34. The van der Waals surface area contributed by atoms with Gasteiger partial charge in [-0.1, -0.05) is 13.3 Å². The van der Waals surface area contributed by atoms with Crippen LogP contribution in [0, 0.1) is 3.57 Å². The maximum absolute atomic E-state index is 6.05. The molecule has 2 unspecified atom stereocenters. The number of ether oxygens (including phenoxy) is 1. The third-order valence-electron chi connectivity index (χ3n) is 4.34. The average Bonchev–Trinajstić information content (AvgIpc) is 2.97. The van der Waals surface area contributed by atoms with Crippen LogP contribution in [-0.2, 0) is 11.2 Å². The molecule has 2 saturated heterocycles. The molecule has 1 N–H and O–H groups in total. The second-order valence-corrected chi connectivity index (χ2v) is 6.88. The zero-order valence-electron chi connectivity index (χ0n) is 12.7. The monoisotopic (exact) mass is 402 g/mol. The number of hydrogen-bond acceptors (Lipinski definition) is 5. The molecular weight excluding hydrogens is 379 g/mol. The Hall–Kier alpha value is -0.470. The molecule has 0 aromatic carbocycles. The van der Waals surface area contributed by atoms with Crippen LogP contribution in [0.15, 0.2) is 0 Å². The molecule has 0 saturated carbocycles. The van der Waals surface area contributed by atoms with E-state index in [0.717, 1.165) is 46.9 Å². The van der Waals surface area contributed by atoms with E-state index in [4.69, 9.17) is 14.7 Å². The Balaban J connectivity index is 1.85. The van der Waals surface area contributed by atoms with Crippen LogP contribution in [0.5, 0.6) is 0 Å². The zero-order valence-corrected chi connectivity index (χ0v) is 14.9. The molecule has 21 heavy (non-hydrogen) atoms. The Morgan fingerprint density at radius 2 is 2.29 bits per heavy atom. The molecule has 2 fully saturated rings. The van der Waals surface area contributed by atoms with Gasteiger partial charge in [-0.05, 0) is 48.4 Å². The number of hydrogen-bond donors (Lipinski definition) is 1. The molecule has 3 rings (SSSR count). The van der Waals surface area contributed by atoms with Crippen molar-refractivity contribution in [3.05, 3.63) is 15.1 Å². The number of nitrogens with one attached hydrogen (secondary N) is 1. The molecule has 0 aliphatic carbocycles. The standard InChI is InChI=1S/C15H23IN4O/c1-3-5-11-13(16)15(17-2)19-14(18-11)12-8-20-7-4-6-10(20)9-21-12/h10,12H,3-9H2,1-2H3,(H,17,18,19). The zero-order chi connectivity index (χ0) is 14.8. The van der Waals surface area contributed by atoms with Crippen molar-refractivity contribution in [3.8, 4) is 0 Å². The van der Waals surface area contributed by atoms with Crippen molar-refractivity contribution in [3.63, 3.8) is 0 Å². The van der Waals surface area contributed by atoms with Gasteiger partial charge in [-0.2, -0.15) is 0 Å². The Morgan fingerprint density at radius 1 is 1.43 bits per heavy atom. The number of rotatable bonds is 4. The van der Waals surface area contributed by atoms with E-state index in [2.05, 4.69) is 39.7 Å². The fraction of sp³-hybridized carbons (Fsp3) is 0.733. The molecule has 1 aromatic heterocycles. The second-order valence-electron chi connectivity index (χ2n) is 5.80. The third kappa shape index (κ3) is 3.17. The number of aryl methyl sites for hydroxylation is 1. The number of halogens is 1. The van der Waals surface area contributed by atoms with Crippen LogP contribution >= 0.6 is 22.6 Å². The quantitative estimate of drug-likeness (QED) is 0.785. The summed E-state index contributed by atoms with van der Waals surface area (Å²) in [6.45, 7) is 5.12. The van der Waals surface area contributed by atoms with Crippen LogP contribution in [0.3, 0.4) is 0 Å². The summed E-state index contributed by atoms with van der Waals surface area (Å²) in [5, 5.41) is 3.19. The Bertz CT molecular complexity index is 511. The SMILES string of the molecule is CCCc1nc(C2CN3CCCC3CO2)nc(NC)c1I. The van der Waals surface area contributed by atoms with Gasteiger partial charge in [0.15, 0.2) is 5.82 Å². The van der Waals surface area contributed by atoms with Crippen molar-refractivity contribution in [1.29, 1.82) is 0 Å². The van der Waals surface area contributed by atoms with E-state index >= 15 is 0 Å². The Kier molecular flexibility index (Phi) is 4.96. The normalized spacial score (nSPS) is 25.9. The van der Waals surface area contributed by atoms with E-state index in [1.165, 1.54) is 19.4 Å². The van der Waals surface area contributed by atoms with Gasteiger partial charge < -0.3 is 10.1 Å². The lowest BCUT2D eigenvalue weighted by atomic mass is 10.1. The molecule has 5 nitrogen and oxygen atoms in total. The van der Waals surface area contributed by atoms with Crippen molar-refractivity contribution >= 4 is 28.4 Å². The van der Waals surface area contributed by atoms with Gasteiger partial charge in [0.05, 0.1) is 15.9 Å². The van der Waals surface area contributed by atoms with Crippen LogP contribution < -0.4 is 5.32 Å². The molecule has 0 spiro atoms. The van der Waals surface area contributed by atoms with Gasteiger partial charge in [0.2, 0.25) is 0 Å². The molecule has 3 heterocycles. The van der Waals surface area contributed by atoms with E-state index in [9.17, 15) is 0 Å². The van der Waals surface area contributed by atoms with Crippen molar-refractivity contribution in [1.82, 2.24) is 14.9 Å². The van der Waals surface area contributed by atoms with Crippen LogP contribution in [-0.4, -0.2) is 47.7 Å². The van der Waals surface area contributed by atoms with Crippen molar-refractivity contribution < 1.29 is 4.74 Å². The Labute approximate surface area is 140 Å². The minimum atomic E-state index is 0.0130. The predicted molar refractivity (Wildman–Crippen MR) is 91.6 cm³/mol. The van der Waals surface area contributed by atoms with Crippen molar-refractivity contribution in [2.45, 2.75) is 44.8 Å². The van der Waals surface area contributed by atoms with Gasteiger partial charge in [0.25, 0.3) is 0 Å².